The van der Waals surface area contributed by atoms with Gasteiger partial charge in [0.2, 0.25) is 5.91 Å². The molecule has 1 fully saturated rings. The Morgan fingerprint density at radius 2 is 2.20 bits per heavy atom. The van der Waals surface area contributed by atoms with E-state index in [0.717, 1.165) is 12.8 Å². The van der Waals surface area contributed by atoms with Crippen molar-refractivity contribution >= 4 is 47.3 Å². The molecule has 1 unspecified atom stereocenters. The van der Waals surface area contributed by atoms with E-state index in [4.69, 9.17) is 15.4 Å². The smallest absolute Gasteiger partial charge is 0.262 e. The number of hydrogen-bond donors (Lipinski definition) is 1. The highest BCUT2D eigenvalue weighted by atomic mass is 79.9. The number of halogens is 2. The lowest BCUT2D eigenvalue weighted by Crippen LogP contribution is -2.30. The van der Waals surface area contributed by atoms with Gasteiger partial charge >= 0.3 is 0 Å². The van der Waals surface area contributed by atoms with Crippen molar-refractivity contribution < 1.29 is 17.9 Å². The Hall–Kier alpha value is -0.630. The molecule has 1 aromatic rings. The lowest BCUT2D eigenvalue weighted by molar-refractivity contribution is -0.123. The Balaban J connectivity index is 2.10. The highest BCUT2D eigenvalue weighted by Gasteiger charge is 2.22. The normalized spacial score (nSPS) is 19.6. The van der Waals surface area contributed by atoms with Crippen LogP contribution in [0.25, 0.3) is 0 Å². The Morgan fingerprint density at radius 3 is 2.75 bits per heavy atom. The maximum Gasteiger partial charge on any atom is 0.262 e. The van der Waals surface area contributed by atoms with Gasteiger partial charge in [0, 0.05) is 27.4 Å². The van der Waals surface area contributed by atoms with Crippen LogP contribution in [0.1, 0.15) is 12.8 Å². The summed E-state index contributed by atoms with van der Waals surface area (Å²) in [5.74, 6) is -0.294. The summed E-state index contributed by atoms with van der Waals surface area (Å²) in [5.41, 5.74) is 0.511. The van der Waals surface area contributed by atoms with Crippen molar-refractivity contribution in [2.45, 2.75) is 17.7 Å². The third-order valence-electron chi connectivity index (χ3n) is 2.99. The number of benzene rings is 1. The Labute approximate surface area is 130 Å². The maximum atomic E-state index is 12.0. The standard InChI is InChI=1S/C12H13BrClNO4S/c13-10-6-9(3-4-11(10)20(14,17)18)15-12(16)8-2-1-5-19-7-8/h3-4,6,8H,1-2,5,7H2,(H,15,16). The van der Waals surface area contributed by atoms with E-state index in [1.165, 1.54) is 18.2 Å². The van der Waals surface area contributed by atoms with Gasteiger partial charge in [-0.2, -0.15) is 0 Å². The fraction of sp³-hybridized carbons (Fsp3) is 0.417. The predicted octanol–water partition coefficient (Wildman–Crippen LogP) is 2.74. The van der Waals surface area contributed by atoms with E-state index >= 15 is 0 Å². The number of ether oxygens (including phenoxy) is 1. The fourth-order valence-electron chi connectivity index (χ4n) is 1.97. The minimum atomic E-state index is -3.81. The van der Waals surface area contributed by atoms with Gasteiger partial charge in [-0.25, -0.2) is 8.42 Å². The van der Waals surface area contributed by atoms with Crippen LogP contribution in [-0.2, 0) is 18.6 Å². The molecule has 1 aromatic carbocycles. The Morgan fingerprint density at radius 1 is 1.45 bits per heavy atom. The van der Waals surface area contributed by atoms with Crippen molar-refractivity contribution in [1.82, 2.24) is 0 Å². The van der Waals surface area contributed by atoms with E-state index in [-0.39, 0.29) is 16.7 Å². The van der Waals surface area contributed by atoms with Crippen LogP contribution in [0.2, 0.25) is 0 Å². The number of carbonyl (C=O) groups is 1. The molecule has 1 aliphatic rings. The van der Waals surface area contributed by atoms with Gasteiger partial charge in [0.1, 0.15) is 0 Å². The number of nitrogens with one attached hydrogen (secondary N) is 1. The van der Waals surface area contributed by atoms with Gasteiger partial charge in [-0.1, -0.05) is 0 Å². The van der Waals surface area contributed by atoms with Gasteiger partial charge in [0.25, 0.3) is 9.05 Å². The zero-order chi connectivity index (χ0) is 14.8. The first-order valence-electron chi connectivity index (χ1n) is 6.01. The second-order valence-corrected chi connectivity index (χ2v) is 7.88. The SMILES string of the molecule is O=C(Nc1ccc(S(=O)(=O)Cl)c(Br)c1)C1CCCOC1. The Kier molecular flexibility index (Phi) is 5.06. The quantitative estimate of drug-likeness (QED) is 0.816. The lowest BCUT2D eigenvalue weighted by atomic mass is 10.0. The molecule has 0 saturated carbocycles. The van der Waals surface area contributed by atoms with Crippen LogP contribution in [-0.4, -0.2) is 27.5 Å². The highest BCUT2D eigenvalue weighted by Crippen LogP contribution is 2.28. The summed E-state index contributed by atoms with van der Waals surface area (Å²) in [6.07, 6.45) is 1.66. The van der Waals surface area contributed by atoms with E-state index in [1.807, 2.05) is 0 Å². The molecule has 1 N–H and O–H groups in total. The van der Waals surface area contributed by atoms with Gasteiger partial charge in [0.15, 0.2) is 0 Å². The molecule has 110 valence electrons. The van der Waals surface area contributed by atoms with Crippen LogP contribution in [0, 0.1) is 5.92 Å². The van der Waals surface area contributed by atoms with Crippen molar-refractivity contribution in [2.75, 3.05) is 18.5 Å². The topological polar surface area (TPSA) is 72.5 Å². The third-order valence-corrected chi connectivity index (χ3v) is 5.29. The van der Waals surface area contributed by atoms with E-state index in [1.54, 1.807) is 0 Å². The molecule has 20 heavy (non-hydrogen) atoms. The largest absolute Gasteiger partial charge is 0.381 e. The van der Waals surface area contributed by atoms with E-state index in [2.05, 4.69) is 21.2 Å². The second kappa shape index (κ2) is 6.43. The molecule has 1 atom stereocenters. The lowest BCUT2D eigenvalue weighted by Gasteiger charge is -2.21. The van der Waals surface area contributed by atoms with Gasteiger partial charge in [-0.15, -0.1) is 0 Å². The number of anilines is 1. The molecule has 8 heteroatoms. The number of amides is 1. The first-order chi connectivity index (χ1) is 9.38. The molecule has 0 aliphatic carbocycles. The summed E-state index contributed by atoms with van der Waals surface area (Å²) < 4.78 is 28.1. The third kappa shape index (κ3) is 3.94. The molecule has 2 rings (SSSR count). The van der Waals surface area contributed by atoms with Crippen molar-refractivity contribution in [3.05, 3.63) is 22.7 Å². The first kappa shape index (κ1) is 15.8. The number of carbonyl (C=O) groups excluding carboxylic acids is 1. The maximum absolute atomic E-state index is 12.0. The minimum absolute atomic E-state index is 0.0295. The molecule has 5 nitrogen and oxygen atoms in total. The zero-order valence-electron chi connectivity index (χ0n) is 10.4. The molecular weight excluding hydrogens is 370 g/mol. The average molecular weight is 383 g/mol. The summed E-state index contributed by atoms with van der Waals surface area (Å²) in [6, 6.07) is 4.36. The molecule has 0 aromatic heterocycles. The Bertz CT molecular complexity index is 614. The molecule has 0 radical (unpaired) electrons. The molecule has 1 aliphatic heterocycles. The molecule has 0 bridgehead atoms. The summed E-state index contributed by atoms with van der Waals surface area (Å²) >= 11 is 3.13. The van der Waals surface area contributed by atoms with E-state index in [9.17, 15) is 13.2 Å². The van der Waals surface area contributed by atoms with Gasteiger partial charge in [0.05, 0.1) is 17.4 Å². The van der Waals surface area contributed by atoms with Crippen molar-refractivity contribution in [3.8, 4) is 0 Å². The molecule has 1 heterocycles. The predicted molar refractivity (Wildman–Crippen MR) is 79.4 cm³/mol. The minimum Gasteiger partial charge on any atom is -0.381 e. The molecule has 1 amide bonds. The summed E-state index contributed by atoms with van der Waals surface area (Å²) in [5, 5.41) is 2.74. The van der Waals surface area contributed by atoms with Gasteiger partial charge in [-0.05, 0) is 47.0 Å². The van der Waals surface area contributed by atoms with Gasteiger partial charge in [-0.3, -0.25) is 4.79 Å². The van der Waals surface area contributed by atoms with Crippen LogP contribution in [0.3, 0.4) is 0 Å². The van der Waals surface area contributed by atoms with Crippen LogP contribution >= 0.6 is 26.6 Å². The van der Waals surface area contributed by atoms with Crippen LogP contribution in [0.15, 0.2) is 27.6 Å². The molecule has 1 saturated heterocycles. The summed E-state index contributed by atoms with van der Waals surface area (Å²) in [7, 11) is 1.48. The molecule has 0 spiro atoms. The summed E-state index contributed by atoms with van der Waals surface area (Å²) in [6.45, 7) is 1.11. The summed E-state index contributed by atoms with van der Waals surface area (Å²) in [4.78, 5) is 12.0. The molecular formula is C12H13BrClNO4S. The van der Waals surface area contributed by atoms with Crippen LogP contribution < -0.4 is 5.32 Å². The average Bonchev–Trinajstić information content (AvgIpc) is 2.38. The zero-order valence-corrected chi connectivity index (χ0v) is 13.6. The van der Waals surface area contributed by atoms with Crippen molar-refractivity contribution in [1.29, 1.82) is 0 Å². The second-order valence-electron chi connectivity index (χ2n) is 4.49. The van der Waals surface area contributed by atoms with Crippen molar-refractivity contribution in [3.63, 3.8) is 0 Å². The van der Waals surface area contributed by atoms with E-state index in [0.29, 0.717) is 23.4 Å². The monoisotopic (exact) mass is 381 g/mol. The fourth-order valence-corrected chi connectivity index (χ4v) is 4.19. The number of rotatable bonds is 3. The van der Waals surface area contributed by atoms with Crippen molar-refractivity contribution in [2.24, 2.45) is 5.92 Å². The number of hydrogen-bond acceptors (Lipinski definition) is 4. The first-order valence-corrected chi connectivity index (χ1v) is 9.11. The van der Waals surface area contributed by atoms with Crippen LogP contribution in [0.4, 0.5) is 5.69 Å². The van der Waals surface area contributed by atoms with Gasteiger partial charge < -0.3 is 10.1 Å². The van der Waals surface area contributed by atoms with Crippen LogP contribution in [0.5, 0.6) is 0 Å². The highest BCUT2D eigenvalue weighted by molar-refractivity contribution is 9.10. The van der Waals surface area contributed by atoms with E-state index < -0.39 is 9.05 Å².